The Hall–Kier alpha value is -0.820. The lowest BCUT2D eigenvalue weighted by Crippen LogP contribution is -2.14. The van der Waals surface area contributed by atoms with E-state index in [-0.39, 0.29) is 0 Å². The largest absolute Gasteiger partial charge is 0.298 e. The van der Waals surface area contributed by atoms with Gasteiger partial charge in [-0.25, -0.2) is 0 Å². The van der Waals surface area contributed by atoms with Gasteiger partial charge in [-0.2, -0.15) is 0 Å². The number of hydrogen-bond donors (Lipinski definition) is 0. The van der Waals surface area contributed by atoms with Crippen LogP contribution in [0.3, 0.4) is 0 Å². The molecule has 1 heterocycles. The molecule has 1 aliphatic rings. The van der Waals surface area contributed by atoms with Gasteiger partial charge in [-0.1, -0.05) is 44.6 Å². The van der Waals surface area contributed by atoms with Crippen LogP contribution in [0.2, 0.25) is 0 Å². The SMILES string of the molecule is C=CC1=C(/C=C(/CC)CCC)CN(C)C1. The van der Waals surface area contributed by atoms with Gasteiger partial charge in [0, 0.05) is 13.1 Å². The third-order valence-electron chi connectivity index (χ3n) is 2.94. The molecule has 0 aliphatic carbocycles. The maximum absolute atomic E-state index is 3.89. The maximum Gasteiger partial charge on any atom is 0.0237 e. The third-order valence-corrected chi connectivity index (χ3v) is 2.94. The van der Waals surface area contributed by atoms with Crippen molar-refractivity contribution < 1.29 is 0 Å². The van der Waals surface area contributed by atoms with Crippen molar-refractivity contribution in [2.24, 2.45) is 0 Å². The summed E-state index contributed by atoms with van der Waals surface area (Å²) in [5.41, 5.74) is 4.44. The Bertz CT molecular complexity index is 284. The van der Waals surface area contributed by atoms with E-state index in [2.05, 4.69) is 38.5 Å². The van der Waals surface area contributed by atoms with Gasteiger partial charge in [0.15, 0.2) is 0 Å². The van der Waals surface area contributed by atoms with Gasteiger partial charge in [0.1, 0.15) is 0 Å². The highest BCUT2D eigenvalue weighted by atomic mass is 15.1. The van der Waals surface area contributed by atoms with E-state index in [0.29, 0.717) is 0 Å². The van der Waals surface area contributed by atoms with Crippen LogP contribution in [0.1, 0.15) is 33.1 Å². The number of allylic oxidation sites excluding steroid dienone is 1. The van der Waals surface area contributed by atoms with Gasteiger partial charge in [0.25, 0.3) is 0 Å². The molecular weight excluding hydrogens is 182 g/mol. The van der Waals surface area contributed by atoms with Crippen molar-refractivity contribution in [1.82, 2.24) is 4.90 Å². The summed E-state index contributed by atoms with van der Waals surface area (Å²) in [7, 11) is 2.16. The summed E-state index contributed by atoms with van der Waals surface area (Å²) in [4.78, 5) is 2.34. The summed E-state index contributed by atoms with van der Waals surface area (Å²) >= 11 is 0. The van der Waals surface area contributed by atoms with Crippen molar-refractivity contribution in [3.8, 4) is 0 Å². The van der Waals surface area contributed by atoms with Crippen LogP contribution in [0.15, 0.2) is 35.5 Å². The van der Waals surface area contributed by atoms with E-state index in [1.165, 1.54) is 30.4 Å². The first-order valence-corrected chi connectivity index (χ1v) is 5.93. The minimum atomic E-state index is 1.05. The molecule has 0 N–H and O–H groups in total. The number of hydrogen-bond acceptors (Lipinski definition) is 1. The average molecular weight is 205 g/mol. The van der Waals surface area contributed by atoms with Crippen LogP contribution in [-0.4, -0.2) is 25.0 Å². The second-order valence-electron chi connectivity index (χ2n) is 4.33. The first-order valence-electron chi connectivity index (χ1n) is 5.93. The number of rotatable bonds is 5. The standard InChI is InChI=1S/C14H23N/c1-5-8-12(6-2)9-14-11-15(4)10-13(14)7-3/h7,9H,3,5-6,8,10-11H2,1-2,4H3/b12-9-. The first kappa shape index (κ1) is 12.3. The molecule has 0 saturated carbocycles. The third kappa shape index (κ3) is 3.35. The second-order valence-corrected chi connectivity index (χ2v) is 4.33. The highest BCUT2D eigenvalue weighted by Gasteiger charge is 2.14. The molecule has 0 saturated heterocycles. The quantitative estimate of drug-likeness (QED) is 0.663. The second kappa shape index (κ2) is 5.92. The number of nitrogens with zero attached hydrogens (tertiary/aromatic N) is 1. The zero-order valence-corrected chi connectivity index (χ0v) is 10.3. The van der Waals surface area contributed by atoms with Crippen molar-refractivity contribution in [3.63, 3.8) is 0 Å². The van der Waals surface area contributed by atoms with Gasteiger partial charge in [-0.05, 0) is 31.0 Å². The highest BCUT2D eigenvalue weighted by molar-refractivity contribution is 5.39. The molecule has 0 aromatic heterocycles. The van der Waals surface area contributed by atoms with Gasteiger partial charge >= 0.3 is 0 Å². The Labute approximate surface area is 94.2 Å². The summed E-state index contributed by atoms with van der Waals surface area (Å²) in [6.07, 6.45) is 8.05. The molecule has 84 valence electrons. The Balaban J connectivity index is 2.81. The summed E-state index contributed by atoms with van der Waals surface area (Å²) < 4.78 is 0. The van der Waals surface area contributed by atoms with Crippen molar-refractivity contribution in [1.29, 1.82) is 0 Å². The Kier molecular flexibility index (Phi) is 4.83. The van der Waals surface area contributed by atoms with Crippen LogP contribution in [-0.2, 0) is 0 Å². The molecule has 1 rings (SSSR count). The molecule has 0 unspecified atom stereocenters. The molecule has 0 aromatic rings. The smallest absolute Gasteiger partial charge is 0.0237 e. The lowest BCUT2D eigenvalue weighted by atomic mass is 10.0. The molecule has 0 amide bonds. The van der Waals surface area contributed by atoms with E-state index in [1.54, 1.807) is 5.57 Å². The van der Waals surface area contributed by atoms with E-state index in [1.807, 2.05) is 6.08 Å². The lowest BCUT2D eigenvalue weighted by Gasteiger charge is -2.06. The molecule has 0 aromatic carbocycles. The van der Waals surface area contributed by atoms with Crippen molar-refractivity contribution >= 4 is 0 Å². The van der Waals surface area contributed by atoms with Crippen LogP contribution in [0.4, 0.5) is 0 Å². The van der Waals surface area contributed by atoms with Crippen LogP contribution in [0.5, 0.6) is 0 Å². The number of likely N-dealkylation sites (N-methyl/N-ethyl adjacent to an activating group) is 1. The minimum Gasteiger partial charge on any atom is -0.298 e. The molecule has 1 aliphatic heterocycles. The van der Waals surface area contributed by atoms with E-state index < -0.39 is 0 Å². The molecule has 0 fully saturated rings. The Morgan fingerprint density at radius 1 is 1.33 bits per heavy atom. The predicted molar refractivity (Wildman–Crippen MR) is 68.0 cm³/mol. The summed E-state index contributed by atoms with van der Waals surface area (Å²) in [5.74, 6) is 0. The fraction of sp³-hybridized carbons (Fsp3) is 0.571. The van der Waals surface area contributed by atoms with E-state index in [9.17, 15) is 0 Å². The van der Waals surface area contributed by atoms with E-state index >= 15 is 0 Å². The highest BCUT2D eigenvalue weighted by Crippen LogP contribution is 2.21. The summed E-state index contributed by atoms with van der Waals surface area (Å²) in [5, 5.41) is 0. The van der Waals surface area contributed by atoms with E-state index in [4.69, 9.17) is 0 Å². The zero-order valence-electron chi connectivity index (χ0n) is 10.3. The monoisotopic (exact) mass is 205 g/mol. The molecule has 0 spiro atoms. The van der Waals surface area contributed by atoms with E-state index in [0.717, 1.165) is 13.1 Å². The minimum absolute atomic E-state index is 1.05. The molecular formula is C14H23N. The molecule has 0 radical (unpaired) electrons. The van der Waals surface area contributed by atoms with Gasteiger partial charge in [0.2, 0.25) is 0 Å². The molecule has 1 heteroatoms. The fourth-order valence-electron chi connectivity index (χ4n) is 2.09. The van der Waals surface area contributed by atoms with Crippen molar-refractivity contribution in [2.45, 2.75) is 33.1 Å². The van der Waals surface area contributed by atoms with Gasteiger partial charge in [0.05, 0.1) is 0 Å². The summed E-state index contributed by atoms with van der Waals surface area (Å²) in [6.45, 7) is 10.5. The van der Waals surface area contributed by atoms with Crippen LogP contribution >= 0.6 is 0 Å². The molecule has 15 heavy (non-hydrogen) atoms. The first-order chi connectivity index (χ1) is 7.21. The van der Waals surface area contributed by atoms with Crippen LogP contribution in [0.25, 0.3) is 0 Å². The maximum atomic E-state index is 3.89. The van der Waals surface area contributed by atoms with Crippen LogP contribution < -0.4 is 0 Å². The zero-order chi connectivity index (χ0) is 11.3. The topological polar surface area (TPSA) is 3.24 Å². The van der Waals surface area contributed by atoms with Gasteiger partial charge in [-0.3, -0.25) is 4.90 Å². The van der Waals surface area contributed by atoms with Crippen molar-refractivity contribution in [3.05, 3.63) is 35.5 Å². The normalized spacial score (nSPS) is 18.7. The predicted octanol–water partition coefficient (Wildman–Crippen LogP) is 3.55. The average Bonchev–Trinajstić information content (AvgIpc) is 2.58. The summed E-state index contributed by atoms with van der Waals surface area (Å²) in [6, 6.07) is 0. The molecule has 1 nitrogen and oxygen atoms in total. The van der Waals surface area contributed by atoms with Crippen molar-refractivity contribution in [2.75, 3.05) is 20.1 Å². The van der Waals surface area contributed by atoms with Crippen LogP contribution in [0, 0.1) is 0 Å². The molecule has 0 atom stereocenters. The van der Waals surface area contributed by atoms with Gasteiger partial charge < -0.3 is 0 Å². The van der Waals surface area contributed by atoms with Gasteiger partial charge in [-0.15, -0.1) is 0 Å². The molecule has 0 bridgehead atoms. The Morgan fingerprint density at radius 3 is 2.53 bits per heavy atom. The lowest BCUT2D eigenvalue weighted by molar-refractivity contribution is 0.428. The Morgan fingerprint density at radius 2 is 2.00 bits per heavy atom. The fourth-order valence-corrected chi connectivity index (χ4v) is 2.09.